The first-order valence-corrected chi connectivity index (χ1v) is 4.52. The number of alkyl halides is 5. The summed E-state index contributed by atoms with van der Waals surface area (Å²) in [5, 5.41) is 8.44. The van der Waals surface area contributed by atoms with E-state index in [9.17, 15) is 22.0 Å². The highest BCUT2D eigenvalue weighted by Gasteiger charge is 2.40. The van der Waals surface area contributed by atoms with E-state index in [0.717, 1.165) is 0 Å². The number of hydrogen-bond acceptors (Lipinski definition) is 2. The summed E-state index contributed by atoms with van der Waals surface area (Å²) in [5.41, 5.74) is -3.75. The molecule has 1 rings (SSSR count). The molecule has 0 spiro atoms. The Morgan fingerprint density at radius 3 is 2.31 bits per heavy atom. The second-order valence-electron chi connectivity index (χ2n) is 2.66. The number of nitriles is 1. The SMILES string of the molecule is N#Cc1cnc(Br)c(C(F)(F)F)c1C(F)F. The summed E-state index contributed by atoms with van der Waals surface area (Å²) < 4.78 is 61.6. The lowest BCUT2D eigenvalue weighted by Crippen LogP contribution is -2.13. The quantitative estimate of drug-likeness (QED) is 0.586. The topological polar surface area (TPSA) is 36.7 Å². The van der Waals surface area contributed by atoms with Crippen LogP contribution < -0.4 is 0 Å². The summed E-state index contributed by atoms with van der Waals surface area (Å²) in [6, 6.07) is 1.25. The van der Waals surface area contributed by atoms with Crippen LogP contribution in [0.4, 0.5) is 22.0 Å². The van der Waals surface area contributed by atoms with E-state index in [1.807, 2.05) is 0 Å². The molecular weight excluding hydrogens is 299 g/mol. The first-order chi connectivity index (χ1) is 7.29. The van der Waals surface area contributed by atoms with Crippen molar-refractivity contribution in [2.75, 3.05) is 0 Å². The van der Waals surface area contributed by atoms with Crippen LogP contribution in [0.5, 0.6) is 0 Å². The van der Waals surface area contributed by atoms with E-state index >= 15 is 0 Å². The molecule has 16 heavy (non-hydrogen) atoms. The molecule has 1 aromatic heterocycles. The first kappa shape index (κ1) is 12.8. The van der Waals surface area contributed by atoms with Crippen molar-refractivity contribution < 1.29 is 22.0 Å². The molecular formula is C8H2BrF5N2. The molecule has 8 heteroatoms. The third-order valence-corrected chi connectivity index (χ3v) is 2.30. The minimum Gasteiger partial charge on any atom is -0.247 e. The lowest BCUT2D eigenvalue weighted by Gasteiger charge is -2.14. The van der Waals surface area contributed by atoms with Crippen molar-refractivity contribution >= 4 is 15.9 Å². The van der Waals surface area contributed by atoms with Gasteiger partial charge in [0.05, 0.1) is 16.7 Å². The van der Waals surface area contributed by atoms with Crippen LogP contribution in [0.1, 0.15) is 23.1 Å². The van der Waals surface area contributed by atoms with Gasteiger partial charge in [0, 0.05) is 6.20 Å². The van der Waals surface area contributed by atoms with Crippen LogP contribution in [-0.4, -0.2) is 4.98 Å². The molecule has 0 atom stereocenters. The fourth-order valence-electron chi connectivity index (χ4n) is 1.09. The number of halogens is 6. The van der Waals surface area contributed by atoms with Gasteiger partial charge in [0.2, 0.25) is 0 Å². The van der Waals surface area contributed by atoms with Crippen LogP contribution in [0.25, 0.3) is 0 Å². The Hall–Kier alpha value is -1.23. The molecule has 0 aliphatic rings. The minimum atomic E-state index is -5.00. The smallest absolute Gasteiger partial charge is 0.247 e. The molecule has 0 unspecified atom stereocenters. The lowest BCUT2D eigenvalue weighted by atomic mass is 10.1. The van der Waals surface area contributed by atoms with Gasteiger partial charge in [-0.3, -0.25) is 0 Å². The van der Waals surface area contributed by atoms with Gasteiger partial charge in [-0.2, -0.15) is 18.4 Å². The standard InChI is InChI=1S/C8H2BrF5N2/c9-6-5(8(12,13)14)4(7(10)11)3(1-15)2-16-6/h2,7H. The van der Waals surface area contributed by atoms with E-state index in [1.165, 1.54) is 6.07 Å². The summed E-state index contributed by atoms with van der Waals surface area (Å²) in [4.78, 5) is 3.20. The molecule has 0 aliphatic heterocycles. The van der Waals surface area contributed by atoms with E-state index < -0.39 is 33.9 Å². The van der Waals surface area contributed by atoms with Gasteiger partial charge in [0.1, 0.15) is 10.7 Å². The van der Waals surface area contributed by atoms with E-state index in [2.05, 4.69) is 20.9 Å². The van der Waals surface area contributed by atoms with Crippen LogP contribution >= 0.6 is 15.9 Å². The second kappa shape index (κ2) is 4.33. The predicted molar refractivity (Wildman–Crippen MR) is 46.6 cm³/mol. The summed E-state index contributed by atoms with van der Waals surface area (Å²) >= 11 is 2.44. The molecule has 0 aromatic carbocycles. The predicted octanol–water partition coefficient (Wildman–Crippen LogP) is 3.67. The summed E-state index contributed by atoms with van der Waals surface area (Å²) in [7, 11) is 0. The number of nitrogens with zero attached hydrogens (tertiary/aromatic N) is 2. The van der Waals surface area contributed by atoms with Crippen molar-refractivity contribution in [1.82, 2.24) is 4.98 Å². The van der Waals surface area contributed by atoms with Crippen molar-refractivity contribution in [2.45, 2.75) is 12.6 Å². The largest absolute Gasteiger partial charge is 0.419 e. The van der Waals surface area contributed by atoms with Gasteiger partial charge >= 0.3 is 6.18 Å². The molecule has 0 fully saturated rings. The molecule has 0 saturated heterocycles. The summed E-state index contributed by atoms with van der Waals surface area (Å²) in [5.74, 6) is 0. The maximum atomic E-state index is 12.5. The Balaban J connectivity index is 3.63. The second-order valence-corrected chi connectivity index (χ2v) is 3.41. The molecule has 1 aromatic rings. The average molecular weight is 301 g/mol. The molecule has 1 heterocycles. The van der Waals surface area contributed by atoms with Crippen LogP contribution in [-0.2, 0) is 6.18 Å². The molecule has 0 aliphatic carbocycles. The van der Waals surface area contributed by atoms with Gasteiger partial charge in [0.15, 0.2) is 0 Å². The van der Waals surface area contributed by atoms with E-state index in [0.29, 0.717) is 6.20 Å². The highest BCUT2D eigenvalue weighted by molar-refractivity contribution is 9.10. The Bertz CT molecular complexity index is 449. The highest BCUT2D eigenvalue weighted by Crippen LogP contribution is 2.41. The maximum absolute atomic E-state index is 12.5. The third-order valence-electron chi connectivity index (χ3n) is 1.69. The van der Waals surface area contributed by atoms with Crippen molar-refractivity contribution in [3.05, 3.63) is 27.5 Å². The van der Waals surface area contributed by atoms with Crippen molar-refractivity contribution in [3.63, 3.8) is 0 Å². The molecule has 0 radical (unpaired) electrons. The van der Waals surface area contributed by atoms with E-state index in [1.54, 1.807) is 0 Å². The van der Waals surface area contributed by atoms with Crippen molar-refractivity contribution in [1.29, 1.82) is 5.26 Å². The molecule has 86 valence electrons. The monoisotopic (exact) mass is 300 g/mol. The minimum absolute atomic E-state index is 0.667. The van der Waals surface area contributed by atoms with Gasteiger partial charge in [-0.1, -0.05) is 0 Å². The fourth-order valence-corrected chi connectivity index (χ4v) is 1.63. The van der Waals surface area contributed by atoms with E-state index in [4.69, 9.17) is 5.26 Å². The molecule has 2 nitrogen and oxygen atoms in total. The number of aromatic nitrogens is 1. The molecule has 0 bridgehead atoms. The summed E-state index contributed by atoms with van der Waals surface area (Å²) in [6.07, 6.45) is -7.73. The summed E-state index contributed by atoms with van der Waals surface area (Å²) in [6.45, 7) is 0. The van der Waals surface area contributed by atoms with Crippen molar-refractivity contribution in [3.8, 4) is 6.07 Å². The Labute approximate surface area is 94.8 Å². The zero-order valence-corrected chi connectivity index (χ0v) is 8.90. The van der Waals surface area contributed by atoms with Gasteiger partial charge in [-0.05, 0) is 15.9 Å². The zero-order chi connectivity index (χ0) is 12.5. The Kier molecular flexibility index (Phi) is 3.48. The maximum Gasteiger partial charge on any atom is 0.419 e. The lowest BCUT2D eigenvalue weighted by molar-refractivity contribution is -0.140. The first-order valence-electron chi connectivity index (χ1n) is 3.73. The number of hydrogen-bond donors (Lipinski definition) is 0. The van der Waals surface area contributed by atoms with Crippen molar-refractivity contribution in [2.24, 2.45) is 0 Å². The Morgan fingerprint density at radius 2 is 1.94 bits per heavy atom. The third kappa shape index (κ3) is 2.29. The molecule has 0 saturated carbocycles. The van der Waals surface area contributed by atoms with E-state index in [-0.39, 0.29) is 0 Å². The average Bonchev–Trinajstić information content (AvgIpc) is 2.15. The number of pyridine rings is 1. The van der Waals surface area contributed by atoms with Crippen LogP contribution in [0, 0.1) is 11.3 Å². The highest BCUT2D eigenvalue weighted by atomic mass is 79.9. The molecule has 0 N–H and O–H groups in total. The Morgan fingerprint density at radius 1 is 1.38 bits per heavy atom. The van der Waals surface area contributed by atoms with Gasteiger partial charge in [-0.25, -0.2) is 13.8 Å². The number of rotatable bonds is 1. The normalized spacial score (nSPS) is 11.6. The van der Waals surface area contributed by atoms with Gasteiger partial charge in [-0.15, -0.1) is 0 Å². The zero-order valence-electron chi connectivity index (χ0n) is 7.32. The van der Waals surface area contributed by atoms with Crippen LogP contribution in [0.3, 0.4) is 0 Å². The molecule has 0 amide bonds. The fraction of sp³-hybridized carbons (Fsp3) is 0.250. The van der Waals surface area contributed by atoms with Crippen LogP contribution in [0.2, 0.25) is 0 Å². The van der Waals surface area contributed by atoms with Gasteiger partial charge in [0.25, 0.3) is 6.43 Å². The van der Waals surface area contributed by atoms with Crippen LogP contribution in [0.15, 0.2) is 10.8 Å². The van der Waals surface area contributed by atoms with Gasteiger partial charge < -0.3 is 0 Å².